The van der Waals surface area contributed by atoms with Gasteiger partial charge in [-0.05, 0) is 50.1 Å². The molecule has 0 saturated carbocycles. The number of amides is 2. The van der Waals surface area contributed by atoms with Crippen molar-refractivity contribution in [1.29, 1.82) is 0 Å². The zero-order valence-corrected chi connectivity index (χ0v) is 14.6. The summed E-state index contributed by atoms with van der Waals surface area (Å²) in [6, 6.07) is 7.84. The lowest BCUT2D eigenvalue weighted by atomic mass is 10.0. The van der Waals surface area contributed by atoms with E-state index in [-0.39, 0.29) is 17.7 Å². The Hall–Kier alpha value is -3.09. The van der Waals surface area contributed by atoms with Crippen LogP contribution in [0.25, 0.3) is 0 Å². The Kier molecular flexibility index (Phi) is 4.79. The SMILES string of the molecule is Cc1ccc(C(=O)N2CCC(C(=O)O)C2C)cc1NC(=O)c1ccco1. The third kappa shape index (κ3) is 3.33. The van der Waals surface area contributed by atoms with Crippen LogP contribution in [0.3, 0.4) is 0 Å². The van der Waals surface area contributed by atoms with Crippen LogP contribution in [0.2, 0.25) is 0 Å². The summed E-state index contributed by atoms with van der Waals surface area (Å²) in [5.74, 6) is -1.90. The Labute approximate surface area is 150 Å². The Morgan fingerprint density at radius 2 is 2.04 bits per heavy atom. The molecular weight excluding hydrogens is 336 g/mol. The fourth-order valence-corrected chi connectivity index (χ4v) is 3.20. The van der Waals surface area contributed by atoms with Gasteiger partial charge in [-0.15, -0.1) is 0 Å². The van der Waals surface area contributed by atoms with Crippen molar-refractivity contribution in [1.82, 2.24) is 4.90 Å². The summed E-state index contributed by atoms with van der Waals surface area (Å²) >= 11 is 0. The number of carboxylic acids is 1. The standard InChI is InChI=1S/C19H20N2O5/c1-11-5-6-13(10-15(11)20-17(22)16-4-3-9-26-16)18(23)21-8-7-14(12(21)2)19(24)25/h3-6,9-10,12,14H,7-8H2,1-2H3,(H,20,22)(H,24,25). The molecule has 1 aromatic carbocycles. The highest BCUT2D eigenvalue weighted by Crippen LogP contribution is 2.27. The van der Waals surface area contributed by atoms with Gasteiger partial charge in [-0.2, -0.15) is 0 Å². The number of nitrogens with one attached hydrogen (secondary N) is 1. The van der Waals surface area contributed by atoms with Crippen LogP contribution in [-0.4, -0.2) is 40.4 Å². The summed E-state index contributed by atoms with van der Waals surface area (Å²) in [7, 11) is 0. The van der Waals surface area contributed by atoms with E-state index in [0.717, 1.165) is 5.56 Å². The third-order valence-electron chi connectivity index (χ3n) is 4.81. The van der Waals surface area contributed by atoms with Crippen LogP contribution >= 0.6 is 0 Å². The van der Waals surface area contributed by atoms with Crippen LogP contribution in [0.4, 0.5) is 5.69 Å². The molecule has 0 spiro atoms. The number of carboxylic acid groups (broad SMARTS) is 1. The van der Waals surface area contributed by atoms with Crippen LogP contribution in [0.5, 0.6) is 0 Å². The molecule has 0 radical (unpaired) electrons. The van der Waals surface area contributed by atoms with Gasteiger partial charge in [0.2, 0.25) is 0 Å². The highest BCUT2D eigenvalue weighted by Gasteiger charge is 2.38. The zero-order chi connectivity index (χ0) is 18.8. The van der Waals surface area contributed by atoms with Gasteiger partial charge in [0.1, 0.15) is 0 Å². The minimum atomic E-state index is -0.886. The topological polar surface area (TPSA) is 99.9 Å². The second kappa shape index (κ2) is 7.03. The largest absolute Gasteiger partial charge is 0.481 e. The first kappa shape index (κ1) is 17.7. The van der Waals surface area contributed by atoms with Crippen molar-refractivity contribution in [2.75, 3.05) is 11.9 Å². The molecule has 0 bridgehead atoms. The number of carbonyl (C=O) groups excluding carboxylic acids is 2. The number of benzene rings is 1. The van der Waals surface area contributed by atoms with Crippen molar-refractivity contribution >= 4 is 23.5 Å². The van der Waals surface area contributed by atoms with Crippen molar-refractivity contribution in [3.05, 3.63) is 53.5 Å². The molecule has 7 nitrogen and oxygen atoms in total. The summed E-state index contributed by atoms with van der Waals surface area (Å²) in [5, 5.41) is 12.0. The average molecular weight is 356 g/mol. The molecule has 7 heteroatoms. The van der Waals surface area contributed by atoms with Gasteiger partial charge >= 0.3 is 5.97 Å². The second-order valence-corrected chi connectivity index (χ2v) is 6.43. The zero-order valence-electron chi connectivity index (χ0n) is 14.6. The molecular formula is C19H20N2O5. The van der Waals surface area contributed by atoms with Crippen LogP contribution in [0.15, 0.2) is 41.0 Å². The van der Waals surface area contributed by atoms with E-state index in [1.165, 1.54) is 6.26 Å². The maximum atomic E-state index is 12.8. The normalized spacial score (nSPS) is 19.4. The van der Waals surface area contributed by atoms with E-state index in [1.807, 2.05) is 6.92 Å². The minimum absolute atomic E-state index is 0.179. The molecule has 1 saturated heterocycles. The van der Waals surface area contributed by atoms with E-state index in [0.29, 0.717) is 24.2 Å². The molecule has 2 aromatic rings. The van der Waals surface area contributed by atoms with Gasteiger partial charge in [0, 0.05) is 23.8 Å². The van der Waals surface area contributed by atoms with Gasteiger partial charge in [-0.25, -0.2) is 0 Å². The number of furan rings is 1. The highest BCUT2D eigenvalue weighted by atomic mass is 16.4. The number of nitrogens with zero attached hydrogens (tertiary/aromatic N) is 1. The third-order valence-corrected chi connectivity index (χ3v) is 4.81. The predicted octanol–water partition coefficient (Wildman–Crippen LogP) is 2.78. The van der Waals surface area contributed by atoms with Gasteiger partial charge in [0.25, 0.3) is 11.8 Å². The smallest absolute Gasteiger partial charge is 0.308 e. The maximum absolute atomic E-state index is 12.8. The Morgan fingerprint density at radius 1 is 1.27 bits per heavy atom. The molecule has 1 fully saturated rings. The van der Waals surface area contributed by atoms with Crippen molar-refractivity contribution < 1.29 is 23.9 Å². The van der Waals surface area contributed by atoms with E-state index >= 15 is 0 Å². The monoisotopic (exact) mass is 356 g/mol. The fourth-order valence-electron chi connectivity index (χ4n) is 3.20. The molecule has 2 heterocycles. The predicted molar refractivity (Wildman–Crippen MR) is 94.1 cm³/mol. The Bertz CT molecular complexity index is 844. The van der Waals surface area contributed by atoms with Crippen molar-refractivity contribution in [3.8, 4) is 0 Å². The number of hydrogen-bond donors (Lipinski definition) is 2. The van der Waals surface area contributed by atoms with Gasteiger partial charge < -0.3 is 19.7 Å². The number of rotatable bonds is 4. The van der Waals surface area contributed by atoms with E-state index in [1.54, 1.807) is 42.2 Å². The molecule has 2 amide bonds. The lowest BCUT2D eigenvalue weighted by Crippen LogP contribution is -2.37. The molecule has 0 aliphatic carbocycles. The summed E-state index contributed by atoms with van der Waals surface area (Å²) < 4.78 is 5.07. The molecule has 1 aliphatic rings. The van der Waals surface area contributed by atoms with Crippen molar-refractivity contribution in [3.63, 3.8) is 0 Å². The number of anilines is 1. The van der Waals surface area contributed by atoms with E-state index < -0.39 is 17.8 Å². The van der Waals surface area contributed by atoms with Gasteiger partial charge in [-0.3, -0.25) is 14.4 Å². The van der Waals surface area contributed by atoms with Gasteiger partial charge in [-0.1, -0.05) is 6.07 Å². The molecule has 2 atom stereocenters. The molecule has 1 aromatic heterocycles. The summed E-state index contributed by atoms with van der Waals surface area (Å²) in [4.78, 5) is 37.8. The number of aliphatic carboxylic acids is 1. The molecule has 26 heavy (non-hydrogen) atoms. The summed E-state index contributed by atoms with van der Waals surface area (Å²) in [6.45, 7) is 3.97. The highest BCUT2D eigenvalue weighted by molar-refractivity contribution is 6.04. The summed E-state index contributed by atoms with van der Waals surface area (Å²) in [6.07, 6.45) is 1.85. The first-order valence-corrected chi connectivity index (χ1v) is 8.37. The number of likely N-dealkylation sites (tertiary alicyclic amines) is 1. The van der Waals surface area contributed by atoms with Gasteiger partial charge in [0.05, 0.1) is 12.2 Å². The summed E-state index contributed by atoms with van der Waals surface area (Å²) in [5.41, 5.74) is 1.72. The number of hydrogen-bond acceptors (Lipinski definition) is 4. The van der Waals surface area contributed by atoms with Crippen molar-refractivity contribution in [2.45, 2.75) is 26.3 Å². The molecule has 2 N–H and O–H groups in total. The number of aryl methyl sites for hydroxylation is 1. The fraction of sp³-hybridized carbons (Fsp3) is 0.316. The first-order valence-electron chi connectivity index (χ1n) is 8.37. The van der Waals surface area contributed by atoms with Gasteiger partial charge in [0.15, 0.2) is 5.76 Å². The quantitative estimate of drug-likeness (QED) is 0.877. The number of carbonyl (C=O) groups is 3. The van der Waals surface area contributed by atoms with E-state index in [2.05, 4.69) is 5.32 Å². The van der Waals surface area contributed by atoms with Crippen LogP contribution in [-0.2, 0) is 4.79 Å². The van der Waals surface area contributed by atoms with Crippen LogP contribution in [0.1, 0.15) is 39.8 Å². The molecule has 1 aliphatic heterocycles. The molecule has 2 unspecified atom stereocenters. The maximum Gasteiger partial charge on any atom is 0.308 e. The Morgan fingerprint density at radius 3 is 2.65 bits per heavy atom. The molecule has 3 rings (SSSR count). The van der Waals surface area contributed by atoms with E-state index in [9.17, 15) is 19.5 Å². The first-order chi connectivity index (χ1) is 12.4. The lowest BCUT2D eigenvalue weighted by Gasteiger charge is -2.23. The van der Waals surface area contributed by atoms with Crippen molar-refractivity contribution in [2.24, 2.45) is 5.92 Å². The Balaban J connectivity index is 1.80. The average Bonchev–Trinajstić information content (AvgIpc) is 3.25. The van der Waals surface area contributed by atoms with Crippen LogP contribution in [0, 0.1) is 12.8 Å². The second-order valence-electron chi connectivity index (χ2n) is 6.43. The lowest BCUT2D eigenvalue weighted by molar-refractivity contribution is -0.142. The van der Waals surface area contributed by atoms with E-state index in [4.69, 9.17) is 4.42 Å². The molecule has 136 valence electrons. The van der Waals surface area contributed by atoms with Crippen LogP contribution < -0.4 is 5.32 Å². The minimum Gasteiger partial charge on any atom is -0.481 e.